The number of H-pyrrole nitrogens is 1. The fourth-order valence-corrected chi connectivity index (χ4v) is 2.98. The van der Waals surface area contributed by atoms with Crippen LogP contribution in [0.1, 0.15) is 40.0 Å². The predicted octanol–water partition coefficient (Wildman–Crippen LogP) is 2.75. The number of nitrogens with two attached hydrogens (primary N) is 1. The summed E-state index contributed by atoms with van der Waals surface area (Å²) in [5.74, 6) is -1.02. The minimum absolute atomic E-state index is 0.201. The van der Waals surface area contributed by atoms with E-state index >= 15 is 0 Å². The zero-order chi connectivity index (χ0) is 15.1. The van der Waals surface area contributed by atoms with Gasteiger partial charge in [-0.05, 0) is 43.9 Å². The third-order valence-electron chi connectivity index (χ3n) is 4.16. The van der Waals surface area contributed by atoms with E-state index in [1.54, 1.807) is 0 Å². The van der Waals surface area contributed by atoms with Gasteiger partial charge in [-0.1, -0.05) is 0 Å². The van der Waals surface area contributed by atoms with Crippen LogP contribution in [-0.2, 0) is 0 Å². The number of primary amides is 1. The first kappa shape index (κ1) is 13.7. The largest absolute Gasteiger partial charge is 0.391 e. The average Bonchev–Trinajstić information content (AvgIpc) is 2.75. The smallest absolute Gasteiger partial charge is 0.250 e. The number of amides is 1. The van der Waals surface area contributed by atoms with Crippen molar-refractivity contribution < 1.29 is 9.18 Å². The van der Waals surface area contributed by atoms with E-state index in [0.29, 0.717) is 11.1 Å². The van der Waals surface area contributed by atoms with E-state index in [9.17, 15) is 9.18 Å². The number of nitrogens with one attached hydrogen (secondary N) is 2. The number of carbonyl (C=O) groups is 1. The van der Waals surface area contributed by atoms with Crippen molar-refractivity contribution in [2.24, 2.45) is 5.73 Å². The maximum atomic E-state index is 14.6. The SMILES string of the molecule is Cc1[nH]c2c(C(N)=O)cc(F)c(C3=CNCCC3)c2c1C. The molecule has 0 bridgehead atoms. The molecule has 0 fully saturated rings. The molecule has 21 heavy (non-hydrogen) atoms. The van der Waals surface area contributed by atoms with Crippen molar-refractivity contribution in [1.29, 1.82) is 0 Å². The van der Waals surface area contributed by atoms with Gasteiger partial charge < -0.3 is 16.0 Å². The van der Waals surface area contributed by atoms with Crippen molar-refractivity contribution in [3.63, 3.8) is 0 Å². The number of halogens is 1. The highest BCUT2D eigenvalue weighted by Gasteiger charge is 2.22. The Hall–Kier alpha value is -2.30. The molecule has 4 nitrogen and oxygen atoms in total. The summed E-state index contributed by atoms with van der Waals surface area (Å²) in [5.41, 5.74) is 9.59. The van der Waals surface area contributed by atoms with Crippen LogP contribution in [0.15, 0.2) is 12.3 Å². The van der Waals surface area contributed by atoms with Gasteiger partial charge in [-0.15, -0.1) is 0 Å². The minimum Gasteiger partial charge on any atom is -0.391 e. The van der Waals surface area contributed by atoms with Gasteiger partial charge in [0.15, 0.2) is 0 Å². The Morgan fingerprint density at radius 3 is 2.76 bits per heavy atom. The maximum Gasteiger partial charge on any atom is 0.250 e. The molecule has 0 saturated heterocycles. The molecule has 1 aliphatic rings. The zero-order valence-corrected chi connectivity index (χ0v) is 12.1. The Kier molecular flexibility index (Phi) is 3.20. The second kappa shape index (κ2) is 4.91. The second-order valence-corrected chi connectivity index (χ2v) is 5.50. The standard InChI is InChI=1S/C16H18FN3O/c1-8-9(2)20-15-11(16(18)21)6-12(17)14(13(8)15)10-4-3-5-19-7-10/h6-7,19-20H,3-5H2,1-2H3,(H2,18,21). The third kappa shape index (κ3) is 2.09. The van der Waals surface area contributed by atoms with Crippen molar-refractivity contribution in [2.75, 3.05) is 6.54 Å². The van der Waals surface area contributed by atoms with Gasteiger partial charge in [0, 0.05) is 29.4 Å². The third-order valence-corrected chi connectivity index (χ3v) is 4.16. The highest BCUT2D eigenvalue weighted by molar-refractivity contribution is 6.09. The molecule has 4 N–H and O–H groups in total. The molecule has 1 aliphatic heterocycles. The van der Waals surface area contributed by atoms with Crippen LogP contribution in [0.3, 0.4) is 0 Å². The van der Waals surface area contributed by atoms with E-state index in [1.165, 1.54) is 6.07 Å². The van der Waals surface area contributed by atoms with Crippen LogP contribution in [0.2, 0.25) is 0 Å². The summed E-state index contributed by atoms with van der Waals surface area (Å²) in [5, 5.41) is 3.92. The summed E-state index contributed by atoms with van der Waals surface area (Å²) in [6, 6.07) is 1.24. The number of aromatic amines is 1. The molecule has 0 saturated carbocycles. The van der Waals surface area contributed by atoms with Gasteiger partial charge in [0.05, 0.1) is 11.1 Å². The maximum absolute atomic E-state index is 14.6. The van der Waals surface area contributed by atoms with E-state index < -0.39 is 11.7 Å². The minimum atomic E-state index is -0.623. The first-order valence-electron chi connectivity index (χ1n) is 7.04. The highest BCUT2D eigenvalue weighted by atomic mass is 19.1. The Balaban J connectivity index is 2.39. The van der Waals surface area contributed by atoms with Crippen LogP contribution >= 0.6 is 0 Å². The van der Waals surface area contributed by atoms with Crippen LogP contribution < -0.4 is 11.1 Å². The molecule has 1 aromatic heterocycles. The quantitative estimate of drug-likeness (QED) is 0.794. The van der Waals surface area contributed by atoms with Crippen LogP contribution in [-0.4, -0.2) is 17.4 Å². The van der Waals surface area contributed by atoms with Gasteiger partial charge in [0.1, 0.15) is 5.82 Å². The topological polar surface area (TPSA) is 70.9 Å². The van der Waals surface area contributed by atoms with Crippen molar-refractivity contribution in [3.05, 3.63) is 40.5 Å². The number of benzene rings is 1. The summed E-state index contributed by atoms with van der Waals surface area (Å²) in [6.45, 7) is 4.74. The molecule has 0 unspecified atom stereocenters. The average molecular weight is 287 g/mol. The number of hydrogen-bond donors (Lipinski definition) is 3. The lowest BCUT2D eigenvalue weighted by atomic mass is 9.92. The molecule has 1 amide bonds. The fourth-order valence-electron chi connectivity index (χ4n) is 2.98. The van der Waals surface area contributed by atoms with Gasteiger partial charge in [-0.2, -0.15) is 0 Å². The van der Waals surface area contributed by atoms with Gasteiger partial charge >= 0.3 is 0 Å². The van der Waals surface area contributed by atoms with Crippen molar-refractivity contribution in [3.8, 4) is 0 Å². The molecular weight excluding hydrogens is 269 g/mol. The van der Waals surface area contributed by atoms with Crippen molar-refractivity contribution in [1.82, 2.24) is 10.3 Å². The summed E-state index contributed by atoms with van der Waals surface area (Å²) >= 11 is 0. The van der Waals surface area contributed by atoms with Crippen LogP contribution in [0.4, 0.5) is 4.39 Å². The first-order valence-corrected chi connectivity index (χ1v) is 7.04. The number of hydrogen-bond acceptors (Lipinski definition) is 2. The Labute approximate surface area is 122 Å². The molecular formula is C16H18FN3O. The van der Waals surface area contributed by atoms with Gasteiger partial charge in [-0.25, -0.2) is 4.39 Å². The monoisotopic (exact) mass is 287 g/mol. The Morgan fingerprint density at radius 1 is 1.38 bits per heavy atom. The van der Waals surface area contributed by atoms with E-state index in [0.717, 1.165) is 41.6 Å². The Bertz CT molecular complexity index is 774. The number of fused-ring (bicyclic) bond motifs is 1. The first-order chi connectivity index (χ1) is 10.0. The number of aromatic nitrogens is 1. The van der Waals surface area contributed by atoms with Crippen LogP contribution in [0.25, 0.3) is 16.5 Å². The molecule has 2 heterocycles. The fraction of sp³-hybridized carbons (Fsp3) is 0.312. The van der Waals surface area contributed by atoms with Crippen molar-refractivity contribution in [2.45, 2.75) is 26.7 Å². The van der Waals surface area contributed by atoms with E-state index in [1.807, 2.05) is 20.0 Å². The highest BCUT2D eigenvalue weighted by Crippen LogP contribution is 2.36. The van der Waals surface area contributed by atoms with Gasteiger partial charge in [0.25, 0.3) is 5.91 Å². The molecule has 0 aliphatic carbocycles. The van der Waals surface area contributed by atoms with Crippen LogP contribution in [0.5, 0.6) is 0 Å². The molecule has 110 valence electrons. The predicted molar refractivity (Wildman–Crippen MR) is 81.5 cm³/mol. The lowest BCUT2D eigenvalue weighted by Crippen LogP contribution is -2.15. The van der Waals surface area contributed by atoms with E-state index in [2.05, 4.69) is 10.3 Å². The zero-order valence-electron chi connectivity index (χ0n) is 12.1. The number of rotatable bonds is 2. The normalized spacial score (nSPS) is 14.9. The number of allylic oxidation sites excluding steroid dienone is 1. The lowest BCUT2D eigenvalue weighted by Gasteiger charge is -2.17. The summed E-state index contributed by atoms with van der Waals surface area (Å²) < 4.78 is 14.6. The molecule has 0 radical (unpaired) electrons. The van der Waals surface area contributed by atoms with Gasteiger partial charge in [-0.3, -0.25) is 4.79 Å². The molecule has 0 spiro atoms. The lowest BCUT2D eigenvalue weighted by molar-refractivity contribution is 0.100. The number of aryl methyl sites for hydroxylation is 2. The van der Waals surface area contributed by atoms with E-state index in [-0.39, 0.29) is 5.56 Å². The summed E-state index contributed by atoms with van der Waals surface area (Å²) in [6.07, 6.45) is 3.65. The number of carbonyl (C=O) groups excluding carboxylic acids is 1. The Morgan fingerprint density at radius 2 is 2.14 bits per heavy atom. The van der Waals surface area contributed by atoms with Crippen LogP contribution in [0, 0.1) is 19.7 Å². The molecule has 5 heteroatoms. The summed E-state index contributed by atoms with van der Waals surface area (Å²) in [7, 11) is 0. The molecule has 2 aromatic rings. The molecule has 3 rings (SSSR count). The second-order valence-electron chi connectivity index (χ2n) is 5.50. The van der Waals surface area contributed by atoms with Crippen molar-refractivity contribution >= 4 is 22.4 Å². The van der Waals surface area contributed by atoms with E-state index in [4.69, 9.17) is 5.73 Å². The molecule has 1 aromatic carbocycles. The van der Waals surface area contributed by atoms with Gasteiger partial charge in [0.2, 0.25) is 0 Å². The molecule has 0 atom stereocenters. The summed E-state index contributed by atoms with van der Waals surface area (Å²) in [4.78, 5) is 14.8.